The van der Waals surface area contributed by atoms with Crippen LogP contribution in [0.5, 0.6) is 23.0 Å². The molecule has 374 valence electrons. The van der Waals surface area contributed by atoms with E-state index in [1.165, 1.54) is 5.56 Å². The van der Waals surface area contributed by atoms with E-state index in [4.69, 9.17) is 38.2 Å². The number of methoxy groups -OCH3 is 3. The number of hydrogen-bond donors (Lipinski definition) is 2. The Labute approximate surface area is 424 Å². The number of nitrogens with zero attached hydrogens (tertiary/aromatic N) is 3. The van der Waals surface area contributed by atoms with Crippen molar-refractivity contribution in [2.24, 2.45) is 10.9 Å². The maximum atomic E-state index is 14.2. The zero-order chi connectivity index (χ0) is 49.5. The molecule has 5 aromatic carbocycles. The van der Waals surface area contributed by atoms with Crippen LogP contribution < -0.4 is 39.4 Å². The van der Waals surface area contributed by atoms with Gasteiger partial charge in [-0.2, -0.15) is 0 Å². The van der Waals surface area contributed by atoms with Crippen LogP contribution in [0.4, 0.5) is 28.4 Å². The van der Waals surface area contributed by atoms with E-state index in [9.17, 15) is 9.59 Å². The second-order valence-corrected chi connectivity index (χ2v) is 21.8. The predicted octanol–water partition coefficient (Wildman–Crippen LogP) is 10.0. The molecule has 0 radical (unpaired) electrons. The maximum absolute atomic E-state index is 14.2. The van der Waals surface area contributed by atoms with Gasteiger partial charge in [-0.05, 0) is 104 Å². The largest absolute Gasteiger partial charge is 0.493 e. The van der Waals surface area contributed by atoms with Crippen molar-refractivity contribution in [3.8, 4) is 23.0 Å². The molecule has 9 rings (SSSR count). The molecule has 3 heterocycles. The summed E-state index contributed by atoms with van der Waals surface area (Å²) in [6, 6.07) is 29.6. The van der Waals surface area contributed by atoms with Gasteiger partial charge in [0.1, 0.15) is 13.2 Å². The van der Waals surface area contributed by atoms with Crippen LogP contribution in [0.15, 0.2) is 96.0 Å². The predicted molar refractivity (Wildman–Crippen MR) is 285 cm³/mol. The van der Waals surface area contributed by atoms with Crippen molar-refractivity contribution in [3.05, 3.63) is 124 Å². The standard InChI is InChI=1S/C55H63N5O9S2/c1-55(2,71-70-6)34-59(15-16-66-19-20-67-18-17-63-3)40-22-35(32-68-51-29-46-43(28-50(51)65-5)54(62)60-41(31-56-46)25-38-12-8-10-14-48(38)60)21-36(23-40)33-69-52-30-47-42(27-49(52)64-4)53(61)58-44-13-9-7-11-37(44)24-39-26-45(39)57-47/h7-14,21-23,27-30,39,41,56H,15-20,24-26,31-34H2,1-6H3,(H,58,61)/b57-45-/t39-,41+/m1/s1. The number of ether oxygens (including phenoxy) is 7. The van der Waals surface area contributed by atoms with Gasteiger partial charge in [-0.15, -0.1) is 0 Å². The Morgan fingerprint density at radius 3 is 2.14 bits per heavy atom. The molecule has 0 spiro atoms. The lowest BCUT2D eigenvalue weighted by Crippen LogP contribution is -2.39. The van der Waals surface area contributed by atoms with Gasteiger partial charge in [-0.1, -0.05) is 58.0 Å². The second-order valence-electron chi connectivity index (χ2n) is 18.7. The van der Waals surface area contributed by atoms with Gasteiger partial charge in [-0.3, -0.25) is 14.6 Å². The molecule has 1 aliphatic carbocycles. The molecule has 2 atom stereocenters. The van der Waals surface area contributed by atoms with Gasteiger partial charge in [0.25, 0.3) is 11.8 Å². The van der Waals surface area contributed by atoms with Crippen molar-refractivity contribution in [3.63, 3.8) is 0 Å². The lowest BCUT2D eigenvalue weighted by molar-refractivity contribution is 0.0264. The summed E-state index contributed by atoms with van der Waals surface area (Å²) >= 11 is 0. The number of nitrogens with one attached hydrogen (secondary N) is 2. The van der Waals surface area contributed by atoms with Crippen molar-refractivity contribution in [1.82, 2.24) is 0 Å². The molecule has 2 N–H and O–H groups in total. The van der Waals surface area contributed by atoms with Crippen molar-refractivity contribution >= 4 is 67.6 Å². The van der Waals surface area contributed by atoms with Gasteiger partial charge in [-0.25, -0.2) is 0 Å². The Kier molecular flexibility index (Phi) is 16.0. The molecule has 1 fully saturated rings. The first-order valence-electron chi connectivity index (χ1n) is 24.1. The van der Waals surface area contributed by atoms with E-state index in [2.05, 4.69) is 66.0 Å². The average molecular weight is 1000 g/mol. The van der Waals surface area contributed by atoms with E-state index in [1.54, 1.807) is 44.3 Å². The monoisotopic (exact) mass is 1000 g/mol. The number of para-hydroxylation sites is 2. The van der Waals surface area contributed by atoms with Crippen LogP contribution in [0.25, 0.3) is 0 Å². The zero-order valence-corrected chi connectivity index (χ0v) is 43.0. The lowest BCUT2D eigenvalue weighted by Gasteiger charge is -2.34. The van der Waals surface area contributed by atoms with E-state index in [1.807, 2.05) is 64.2 Å². The number of carbonyl (C=O) groups is 2. The van der Waals surface area contributed by atoms with Crippen LogP contribution in [-0.2, 0) is 40.3 Å². The highest BCUT2D eigenvalue weighted by atomic mass is 33.1. The number of rotatable bonds is 22. The molecule has 5 aromatic rings. The summed E-state index contributed by atoms with van der Waals surface area (Å²) in [6.45, 7) is 9.28. The molecule has 2 amide bonds. The minimum atomic E-state index is -0.261. The first-order valence-corrected chi connectivity index (χ1v) is 26.7. The molecule has 0 unspecified atom stereocenters. The van der Waals surface area contributed by atoms with Crippen LogP contribution in [0.3, 0.4) is 0 Å². The quantitative estimate of drug-likeness (QED) is 0.0502. The molecule has 0 aromatic heterocycles. The fraction of sp³-hybridized carbons (Fsp3) is 0.400. The SMILES string of the molecule is COCCOCCOCCN(CC(C)(C)SSC)c1cc(COc2cc3c(cc2OC)C(=O)Nc2ccccc2C[C@@H]2C/C2=N/3)cc(COc2cc3c(cc2OC)C(=O)N2c4ccccc4C[C@H]2CN3)c1. The molecule has 14 nitrogen and oxygen atoms in total. The fourth-order valence-electron chi connectivity index (χ4n) is 9.52. The smallest absolute Gasteiger partial charge is 0.260 e. The Bertz CT molecular complexity index is 2770. The number of aliphatic imine (C=N–C) groups is 1. The van der Waals surface area contributed by atoms with Crippen LogP contribution in [0.2, 0.25) is 0 Å². The molecule has 16 heteroatoms. The Balaban J connectivity index is 1.01. The highest BCUT2D eigenvalue weighted by Crippen LogP contribution is 2.43. The summed E-state index contributed by atoms with van der Waals surface area (Å²) in [5.74, 6) is 1.84. The number of amides is 2. The Morgan fingerprint density at radius 1 is 0.732 bits per heavy atom. The number of benzene rings is 5. The summed E-state index contributed by atoms with van der Waals surface area (Å²) in [5.41, 5.74) is 10.0. The topological polar surface area (TPSA) is 142 Å². The van der Waals surface area contributed by atoms with Crippen molar-refractivity contribution in [1.29, 1.82) is 0 Å². The van der Waals surface area contributed by atoms with Gasteiger partial charge in [0.15, 0.2) is 23.0 Å². The summed E-state index contributed by atoms with van der Waals surface area (Å²) in [4.78, 5) is 37.3. The zero-order valence-electron chi connectivity index (χ0n) is 41.3. The van der Waals surface area contributed by atoms with Crippen molar-refractivity contribution in [2.75, 3.05) is 101 Å². The van der Waals surface area contributed by atoms with E-state index in [0.717, 1.165) is 65.3 Å². The van der Waals surface area contributed by atoms with Crippen molar-refractivity contribution < 1.29 is 42.7 Å². The van der Waals surface area contributed by atoms with Crippen LogP contribution >= 0.6 is 21.6 Å². The van der Waals surface area contributed by atoms with E-state index >= 15 is 0 Å². The minimum absolute atomic E-state index is 0.00565. The number of anilines is 4. The lowest BCUT2D eigenvalue weighted by atomic mass is 10.0. The van der Waals surface area contributed by atoms with Crippen LogP contribution in [0, 0.1) is 5.92 Å². The first kappa shape index (κ1) is 50.0. The number of hydrogen-bond acceptors (Lipinski definition) is 14. The van der Waals surface area contributed by atoms with E-state index in [0.29, 0.717) is 97.5 Å². The summed E-state index contributed by atoms with van der Waals surface area (Å²) in [6.07, 6.45) is 4.57. The Hall–Kier alpha value is -5.91. The van der Waals surface area contributed by atoms with Crippen LogP contribution in [0.1, 0.15) is 63.2 Å². The first-order chi connectivity index (χ1) is 34.5. The van der Waals surface area contributed by atoms with Crippen LogP contribution in [-0.4, -0.2) is 109 Å². The highest BCUT2D eigenvalue weighted by molar-refractivity contribution is 8.77. The molecular weight excluding hydrogens is 939 g/mol. The molecule has 3 aliphatic heterocycles. The normalized spacial score (nSPS) is 17.4. The van der Waals surface area contributed by atoms with Crippen molar-refractivity contribution in [2.45, 2.75) is 57.1 Å². The molecule has 4 aliphatic rings. The summed E-state index contributed by atoms with van der Waals surface area (Å²) in [5, 5.41) is 6.67. The third-order valence-corrected chi connectivity index (χ3v) is 15.6. The van der Waals surface area contributed by atoms with E-state index < -0.39 is 0 Å². The molecule has 71 heavy (non-hydrogen) atoms. The molecule has 0 bridgehead atoms. The van der Waals surface area contributed by atoms with E-state index in [-0.39, 0.29) is 35.8 Å². The third-order valence-electron chi connectivity index (χ3n) is 13.0. The van der Waals surface area contributed by atoms with Gasteiger partial charge in [0, 0.05) is 72.3 Å². The molecular formula is C55H63N5O9S2. The maximum Gasteiger partial charge on any atom is 0.260 e. The number of carbonyl (C=O) groups excluding carboxylic acids is 2. The van der Waals surface area contributed by atoms with Gasteiger partial charge < -0.3 is 53.6 Å². The Morgan fingerprint density at radius 2 is 1.41 bits per heavy atom. The summed E-state index contributed by atoms with van der Waals surface area (Å²) in [7, 11) is 8.40. The average Bonchev–Trinajstić information content (AvgIpc) is 4.02. The highest BCUT2D eigenvalue weighted by Gasteiger charge is 2.38. The third kappa shape index (κ3) is 11.9. The molecule has 0 saturated heterocycles. The van der Waals surface area contributed by atoms with Gasteiger partial charge in [0.2, 0.25) is 0 Å². The minimum Gasteiger partial charge on any atom is -0.493 e. The number of fused-ring (bicyclic) bond motifs is 7. The van der Waals surface area contributed by atoms with Gasteiger partial charge >= 0.3 is 0 Å². The fourth-order valence-corrected chi connectivity index (χ4v) is 11.7. The second kappa shape index (κ2) is 22.7. The van der Waals surface area contributed by atoms with Gasteiger partial charge in [0.05, 0.1) is 75.8 Å². The molecule has 1 saturated carbocycles. The summed E-state index contributed by atoms with van der Waals surface area (Å²) < 4.78 is 41.9.